The number of methoxy groups -OCH3 is 1. The van der Waals surface area contributed by atoms with E-state index in [4.69, 9.17) is 4.74 Å². The summed E-state index contributed by atoms with van der Waals surface area (Å²) in [6.45, 7) is 7.16. The predicted octanol–water partition coefficient (Wildman–Crippen LogP) is 3.64. The van der Waals surface area contributed by atoms with Crippen molar-refractivity contribution >= 4 is 21.4 Å². The van der Waals surface area contributed by atoms with E-state index in [1.54, 1.807) is 13.8 Å². The SMILES string of the molecule is COc1ccc([N+](=O)[O-])cc1NS(=O)(=O)c1c(C)c(C)cc(C)c1C. The van der Waals surface area contributed by atoms with E-state index >= 15 is 0 Å². The van der Waals surface area contributed by atoms with Gasteiger partial charge in [-0.1, -0.05) is 6.07 Å². The average Bonchev–Trinajstić information content (AvgIpc) is 2.52. The highest BCUT2D eigenvalue weighted by atomic mass is 32.2. The fourth-order valence-electron chi connectivity index (χ4n) is 2.67. The summed E-state index contributed by atoms with van der Waals surface area (Å²) < 4.78 is 33.5. The van der Waals surface area contributed by atoms with Gasteiger partial charge in [-0.3, -0.25) is 14.8 Å². The Labute approximate surface area is 146 Å². The van der Waals surface area contributed by atoms with Crippen molar-refractivity contribution in [1.82, 2.24) is 0 Å². The van der Waals surface area contributed by atoms with Crippen LogP contribution in [0.25, 0.3) is 0 Å². The van der Waals surface area contributed by atoms with Crippen LogP contribution in [0.5, 0.6) is 5.75 Å². The highest BCUT2D eigenvalue weighted by molar-refractivity contribution is 7.92. The van der Waals surface area contributed by atoms with Gasteiger partial charge in [-0.15, -0.1) is 0 Å². The number of sulfonamides is 1. The number of anilines is 1. The van der Waals surface area contributed by atoms with E-state index in [1.165, 1.54) is 19.2 Å². The van der Waals surface area contributed by atoms with Crippen LogP contribution < -0.4 is 9.46 Å². The monoisotopic (exact) mass is 364 g/mol. The first kappa shape index (κ1) is 18.7. The number of nitrogens with zero attached hydrogens (tertiary/aromatic N) is 1. The van der Waals surface area contributed by atoms with Crippen LogP contribution in [0.4, 0.5) is 11.4 Å². The molecule has 0 heterocycles. The predicted molar refractivity (Wildman–Crippen MR) is 95.8 cm³/mol. The molecule has 0 atom stereocenters. The fraction of sp³-hybridized carbons (Fsp3) is 0.294. The molecule has 2 rings (SSSR count). The van der Waals surface area contributed by atoms with Gasteiger partial charge in [-0.05, 0) is 56.0 Å². The Morgan fingerprint density at radius 3 is 2.08 bits per heavy atom. The maximum absolute atomic E-state index is 13.0. The van der Waals surface area contributed by atoms with Crippen molar-refractivity contribution in [2.24, 2.45) is 0 Å². The van der Waals surface area contributed by atoms with Gasteiger partial charge in [0.05, 0.1) is 22.6 Å². The molecule has 25 heavy (non-hydrogen) atoms. The lowest BCUT2D eigenvalue weighted by atomic mass is 10.0. The first-order chi connectivity index (χ1) is 11.6. The van der Waals surface area contributed by atoms with Gasteiger partial charge < -0.3 is 4.74 Å². The molecular weight excluding hydrogens is 344 g/mol. The Kier molecular flexibility index (Phi) is 5.03. The summed E-state index contributed by atoms with van der Waals surface area (Å²) in [7, 11) is -2.58. The minimum Gasteiger partial charge on any atom is -0.495 e. The number of hydrogen-bond acceptors (Lipinski definition) is 5. The molecule has 0 saturated heterocycles. The summed E-state index contributed by atoms with van der Waals surface area (Å²) in [5.74, 6) is 0.203. The third-order valence-corrected chi connectivity index (χ3v) is 5.84. The molecule has 0 aliphatic rings. The average molecular weight is 364 g/mol. The minimum atomic E-state index is -3.95. The van der Waals surface area contributed by atoms with Crippen molar-refractivity contribution in [3.63, 3.8) is 0 Å². The topological polar surface area (TPSA) is 98.5 Å². The Bertz CT molecular complexity index is 926. The Hall–Kier alpha value is -2.61. The summed E-state index contributed by atoms with van der Waals surface area (Å²) in [6, 6.07) is 5.68. The van der Waals surface area contributed by atoms with Crippen LogP contribution in [0.3, 0.4) is 0 Å². The molecule has 8 heteroatoms. The van der Waals surface area contributed by atoms with Crippen LogP contribution in [-0.2, 0) is 10.0 Å². The quantitative estimate of drug-likeness (QED) is 0.645. The highest BCUT2D eigenvalue weighted by Gasteiger charge is 2.24. The van der Waals surface area contributed by atoms with Crippen molar-refractivity contribution in [3.8, 4) is 5.75 Å². The van der Waals surface area contributed by atoms with E-state index in [2.05, 4.69) is 4.72 Å². The number of hydrogen-bond donors (Lipinski definition) is 1. The van der Waals surface area contributed by atoms with E-state index in [0.717, 1.165) is 17.2 Å². The third kappa shape index (κ3) is 3.58. The van der Waals surface area contributed by atoms with Crippen LogP contribution in [0, 0.1) is 37.8 Å². The van der Waals surface area contributed by atoms with E-state index in [-0.39, 0.29) is 22.0 Å². The maximum atomic E-state index is 13.0. The smallest absolute Gasteiger partial charge is 0.271 e. The lowest BCUT2D eigenvalue weighted by Gasteiger charge is -2.17. The van der Waals surface area contributed by atoms with Gasteiger partial charge in [0.1, 0.15) is 5.75 Å². The molecule has 0 aliphatic carbocycles. The van der Waals surface area contributed by atoms with Crippen molar-refractivity contribution in [1.29, 1.82) is 0 Å². The second-order valence-corrected chi connectivity index (χ2v) is 7.46. The first-order valence-electron chi connectivity index (χ1n) is 7.51. The molecular formula is C17H20N2O5S. The number of aryl methyl sites for hydroxylation is 2. The molecule has 0 aliphatic heterocycles. The zero-order valence-electron chi connectivity index (χ0n) is 14.7. The molecule has 0 spiro atoms. The van der Waals surface area contributed by atoms with E-state index < -0.39 is 14.9 Å². The summed E-state index contributed by atoms with van der Waals surface area (Å²) in [5.41, 5.74) is 2.78. The van der Waals surface area contributed by atoms with Crippen molar-refractivity contribution < 1.29 is 18.1 Å². The molecule has 0 radical (unpaired) electrons. The molecule has 0 unspecified atom stereocenters. The Morgan fingerprint density at radius 1 is 1.04 bits per heavy atom. The first-order valence-corrected chi connectivity index (χ1v) is 8.99. The minimum absolute atomic E-state index is 0.0228. The van der Waals surface area contributed by atoms with Crippen molar-refractivity contribution in [2.45, 2.75) is 32.6 Å². The molecule has 2 aromatic carbocycles. The number of non-ortho nitro benzene ring substituents is 1. The van der Waals surface area contributed by atoms with Gasteiger partial charge in [0, 0.05) is 12.1 Å². The fourth-order valence-corrected chi connectivity index (χ4v) is 4.35. The molecule has 0 bridgehead atoms. The highest BCUT2D eigenvalue weighted by Crippen LogP contribution is 2.33. The van der Waals surface area contributed by atoms with Gasteiger partial charge in [0.15, 0.2) is 0 Å². The zero-order valence-corrected chi connectivity index (χ0v) is 15.5. The lowest BCUT2D eigenvalue weighted by Crippen LogP contribution is -2.17. The molecule has 7 nitrogen and oxygen atoms in total. The number of nitro benzene ring substituents is 1. The van der Waals surface area contributed by atoms with Crippen LogP contribution in [0.1, 0.15) is 22.3 Å². The molecule has 0 amide bonds. The Morgan fingerprint density at radius 2 is 1.60 bits per heavy atom. The number of rotatable bonds is 5. The van der Waals surface area contributed by atoms with Crippen LogP contribution in [-0.4, -0.2) is 20.5 Å². The molecule has 0 saturated carbocycles. The molecule has 134 valence electrons. The lowest BCUT2D eigenvalue weighted by molar-refractivity contribution is -0.384. The Balaban J connectivity index is 2.61. The van der Waals surface area contributed by atoms with Gasteiger partial charge in [-0.2, -0.15) is 0 Å². The van der Waals surface area contributed by atoms with E-state index in [1.807, 2.05) is 19.9 Å². The maximum Gasteiger partial charge on any atom is 0.271 e. The van der Waals surface area contributed by atoms with Crippen LogP contribution in [0.2, 0.25) is 0 Å². The van der Waals surface area contributed by atoms with E-state index in [0.29, 0.717) is 11.1 Å². The standard InChI is InChI=1S/C17H20N2O5S/c1-10-8-11(2)13(4)17(12(10)3)25(22,23)18-15-9-14(19(20)21)6-7-16(15)24-5/h6-9,18H,1-5H3. The number of ether oxygens (including phenoxy) is 1. The normalized spacial score (nSPS) is 11.2. The second-order valence-electron chi connectivity index (χ2n) is 5.84. The van der Waals surface area contributed by atoms with E-state index in [9.17, 15) is 18.5 Å². The summed E-state index contributed by atoms with van der Waals surface area (Å²) >= 11 is 0. The third-order valence-electron chi connectivity index (χ3n) is 4.20. The van der Waals surface area contributed by atoms with Gasteiger partial charge in [-0.25, -0.2) is 8.42 Å². The summed E-state index contributed by atoms with van der Waals surface area (Å²) in [4.78, 5) is 10.6. The van der Waals surface area contributed by atoms with Crippen LogP contribution >= 0.6 is 0 Å². The molecule has 0 aromatic heterocycles. The van der Waals surface area contributed by atoms with Crippen molar-refractivity contribution in [3.05, 3.63) is 56.6 Å². The zero-order chi connectivity index (χ0) is 18.9. The number of benzene rings is 2. The van der Waals surface area contributed by atoms with Gasteiger partial charge in [0.25, 0.3) is 15.7 Å². The molecule has 2 aromatic rings. The number of nitro groups is 1. The number of nitrogens with one attached hydrogen (secondary N) is 1. The van der Waals surface area contributed by atoms with Gasteiger partial charge in [0.2, 0.25) is 0 Å². The summed E-state index contributed by atoms with van der Waals surface area (Å²) in [6.07, 6.45) is 0. The molecule has 1 N–H and O–H groups in total. The second kappa shape index (κ2) is 6.72. The summed E-state index contributed by atoms with van der Waals surface area (Å²) in [5, 5.41) is 11.0. The molecule has 0 fully saturated rings. The largest absolute Gasteiger partial charge is 0.495 e. The van der Waals surface area contributed by atoms with Crippen LogP contribution in [0.15, 0.2) is 29.2 Å². The van der Waals surface area contributed by atoms with Gasteiger partial charge >= 0.3 is 0 Å². The van der Waals surface area contributed by atoms with Crippen molar-refractivity contribution in [2.75, 3.05) is 11.8 Å².